The Morgan fingerprint density at radius 3 is 2.71 bits per heavy atom. The number of carbonyl (C=O) groups excluding carboxylic acids is 2. The van der Waals surface area contributed by atoms with Crippen LogP contribution in [0.25, 0.3) is 0 Å². The van der Waals surface area contributed by atoms with E-state index in [0.29, 0.717) is 24.9 Å². The van der Waals surface area contributed by atoms with Gasteiger partial charge in [0.2, 0.25) is 5.91 Å². The van der Waals surface area contributed by atoms with Gasteiger partial charge in [-0.25, -0.2) is 4.39 Å². The molecule has 112 valence electrons. The highest BCUT2D eigenvalue weighted by Gasteiger charge is 2.48. The van der Waals surface area contributed by atoms with E-state index in [2.05, 4.69) is 0 Å². The number of aryl methyl sites for hydroxylation is 1. The Morgan fingerprint density at radius 1 is 1.29 bits per heavy atom. The number of halogens is 1. The van der Waals surface area contributed by atoms with Crippen molar-refractivity contribution in [3.63, 3.8) is 0 Å². The summed E-state index contributed by atoms with van der Waals surface area (Å²) in [6, 6.07) is 3.71. The van der Waals surface area contributed by atoms with Gasteiger partial charge < -0.3 is 4.90 Å². The highest BCUT2D eigenvalue weighted by atomic mass is 19.1. The molecule has 0 spiro atoms. The van der Waals surface area contributed by atoms with E-state index in [1.165, 1.54) is 11.0 Å². The summed E-state index contributed by atoms with van der Waals surface area (Å²) in [6.45, 7) is 4.26. The second-order valence-corrected chi connectivity index (χ2v) is 5.73. The van der Waals surface area contributed by atoms with Gasteiger partial charge in [0.15, 0.2) is 0 Å². The monoisotopic (exact) mass is 290 g/mol. The summed E-state index contributed by atoms with van der Waals surface area (Å²) in [5, 5.41) is 0. The Balaban J connectivity index is 2.10. The first kappa shape index (κ1) is 14.0. The molecule has 2 aliphatic rings. The molecule has 2 unspecified atom stereocenters. The number of hydrogen-bond acceptors (Lipinski definition) is 2. The minimum atomic E-state index is -0.595. The zero-order chi connectivity index (χ0) is 15.1. The molecule has 2 atom stereocenters. The lowest BCUT2D eigenvalue weighted by atomic mass is 10.0. The molecule has 1 aromatic rings. The third-order valence-corrected chi connectivity index (χ3v) is 4.47. The number of amides is 2. The number of nitrogens with zero attached hydrogens (tertiary/aromatic N) is 2. The van der Waals surface area contributed by atoms with E-state index in [1.54, 1.807) is 24.0 Å². The van der Waals surface area contributed by atoms with Crippen molar-refractivity contribution in [2.45, 2.75) is 45.2 Å². The molecule has 0 N–H and O–H groups in total. The largest absolute Gasteiger partial charge is 0.329 e. The first-order valence-corrected chi connectivity index (χ1v) is 7.45. The Labute approximate surface area is 123 Å². The van der Waals surface area contributed by atoms with Crippen molar-refractivity contribution in [1.29, 1.82) is 0 Å². The highest BCUT2D eigenvalue weighted by Crippen LogP contribution is 2.34. The number of anilines is 1. The first-order chi connectivity index (χ1) is 10.1. The second-order valence-electron chi connectivity index (χ2n) is 5.73. The quantitative estimate of drug-likeness (QED) is 0.838. The molecule has 4 nitrogen and oxygen atoms in total. The van der Waals surface area contributed by atoms with Crippen molar-refractivity contribution in [1.82, 2.24) is 4.90 Å². The normalized spacial score (nSPS) is 25.5. The number of piperazine rings is 1. The highest BCUT2D eigenvalue weighted by molar-refractivity contribution is 6.09. The summed E-state index contributed by atoms with van der Waals surface area (Å²) in [4.78, 5) is 28.5. The maximum Gasteiger partial charge on any atom is 0.250 e. The fraction of sp³-hybridized carbons (Fsp3) is 0.500. The molecular formula is C16H19FN2O2. The van der Waals surface area contributed by atoms with E-state index in [9.17, 15) is 14.0 Å². The van der Waals surface area contributed by atoms with Gasteiger partial charge in [0.05, 0.1) is 5.69 Å². The predicted octanol–water partition coefficient (Wildman–Crippen LogP) is 2.25. The Morgan fingerprint density at radius 2 is 2.05 bits per heavy atom. The molecule has 21 heavy (non-hydrogen) atoms. The van der Waals surface area contributed by atoms with Crippen molar-refractivity contribution in [2.24, 2.45) is 0 Å². The van der Waals surface area contributed by atoms with Crippen LogP contribution < -0.4 is 4.90 Å². The standard InChI is InChI=1S/C16H19FN2O2/c1-3-12-15(20)18-9-5-8-13(18)16(21)19(12)14-10(2)6-4-7-11(14)17/h4,6-7,12-13H,3,5,8-9H2,1-2H3. The van der Waals surface area contributed by atoms with Crippen LogP contribution in [0.15, 0.2) is 18.2 Å². The van der Waals surface area contributed by atoms with Crippen LogP contribution in [0.4, 0.5) is 10.1 Å². The Hall–Kier alpha value is -1.91. The topological polar surface area (TPSA) is 40.6 Å². The molecule has 5 heteroatoms. The van der Waals surface area contributed by atoms with E-state index < -0.39 is 17.9 Å². The van der Waals surface area contributed by atoms with E-state index in [1.807, 2.05) is 6.92 Å². The second kappa shape index (κ2) is 5.13. The van der Waals surface area contributed by atoms with E-state index in [4.69, 9.17) is 0 Å². The van der Waals surface area contributed by atoms with Gasteiger partial charge in [-0.3, -0.25) is 14.5 Å². The molecule has 0 aliphatic carbocycles. The van der Waals surface area contributed by atoms with Crippen molar-refractivity contribution in [3.8, 4) is 0 Å². The molecule has 0 radical (unpaired) electrons. The van der Waals surface area contributed by atoms with Crippen LogP contribution in [0.1, 0.15) is 31.7 Å². The number of benzene rings is 1. The number of fused-ring (bicyclic) bond motifs is 1. The predicted molar refractivity (Wildman–Crippen MR) is 77.4 cm³/mol. The molecule has 1 aromatic carbocycles. The maximum absolute atomic E-state index is 14.3. The molecule has 2 amide bonds. The van der Waals surface area contributed by atoms with E-state index in [-0.39, 0.29) is 17.5 Å². The van der Waals surface area contributed by atoms with Gasteiger partial charge in [0.1, 0.15) is 17.9 Å². The SMILES string of the molecule is CCC1C(=O)N2CCCC2C(=O)N1c1c(C)cccc1F. The van der Waals surface area contributed by atoms with Crippen LogP contribution in [-0.2, 0) is 9.59 Å². The third kappa shape index (κ3) is 2.03. The minimum absolute atomic E-state index is 0.0535. The van der Waals surface area contributed by atoms with Gasteiger partial charge in [-0.05, 0) is 37.8 Å². The fourth-order valence-electron chi connectivity index (χ4n) is 3.45. The molecule has 0 saturated carbocycles. The summed E-state index contributed by atoms with van der Waals surface area (Å²) in [7, 11) is 0. The molecule has 2 heterocycles. The van der Waals surface area contributed by atoms with Crippen molar-refractivity contribution < 1.29 is 14.0 Å². The summed E-state index contributed by atoms with van der Waals surface area (Å²) in [5.74, 6) is -0.643. The van der Waals surface area contributed by atoms with E-state index >= 15 is 0 Å². The molecule has 2 saturated heterocycles. The summed E-state index contributed by atoms with van der Waals surface area (Å²) >= 11 is 0. The van der Waals surface area contributed by atoms with Gasteiger partial charge in [-0.15, -0.1) is 0 Å². The van der Waals surface area contributed by atoms with Crippen LogP contribution in [0.2, 0.25) is 0 Å². The molecular weight excluding hydrogens is 271 g/mol. The average Bonchev–Trinajstić information content (AvgIpc) is 2.94. The van der Waals surface area contributed by atoms with E-state index in [0.717, 1.165) is 6.42 Å². The van der Waals surface area contributed by atoms with Crippen molar-refractivity contribution in [2.75, 3.05) is 11.4 Å². The van der Waals surface area contributed by atoms with Crippen LogP contribution in [0.5, 0.6) is 0 Å². The summed E-state index contributed by atoms with van der Waals surface area (Å²) in [5.41, 5.74) is 0.940. The first-order valence-electron chi connectivity index (χ1n) is 7.45. The number of para-hydroxylation sites is 1. The van der Waals surface area contributed by atoms with Crippen molar-refractivity contribution in [3.05, 3.63) is 29.6 Å². The summed E-state index contributed by atoms with van der Waals surface area (Å²) < 4.78 is 14.3. The van der Waals surface area contributed by atoms with Gasteiger partial charge >= 0.3 is 0 Å². The lowest BCUT2D eigenvalue weighted by Crippen LogP contribution is -2.63. The molecule has 2 aliphatic heterocycles. The van der Waals surface area contributed by atoms with Gasteiger partial charge in [0.25, 0.3) is 5.91 Å². The smallest absolute Gasteiger partial charge is 0.250 e. The van der Waals surface area contributed by atoms with Gasteiger partial charge in [-0.2, -0.15) is 0 Å². The third-order valence-electron chi connectivity index (χ3n) is 4.47. The summed E-state index contributed by atoms with van der Waals surface area (Å²) in [6.07, 6.45) is 2.00. The molecule has 0 aromatic heterocycles. The van der Waals surface area contributed by atoms with Gasteiger partial charge in [0, 0.05) is 6.54 Å². The zero-order valence-corrected chi connectivity index (χ0v) is 12.3. The fourth-order valence-corrected chi connectivity index (χ4v) is 3.45. The molecule has 0 bridgehead atoms. The minimum Gasteiger partial charge on any atom is -0.329 e. The maximum atomic E-state index is 14.3. The van der Waals surface area contributed by atoms with Crippen molar-refractivity contribution >= 4 is 17.5 Å². The lowest BCUT2D eigenvalue weighted by molar-refractivity contribution is -0.144. The van der Waals surface area contributed by atoms with Crippen LogP contribution >= 0.6 is 0 Å². The van der Waals surface area contributed by atoms with Crippen LogP contribution in [-0.4, -0.2) is 35.3 Å². The van der Waals surface area contributed by atoms with Crippen LogP contribution in [0, 0.1) is 12.7 Å². The average molecular weight is 290 g/mol. The van der Waals surface area contributed by atoms with Crippen LogP contribution in [0.3, 0.4) is 0 Å². The number of rotatable bonds is 2. The number of hydrogen-bond donors (Lipinski definition) is 0. The molecule has 3 rings (SSSR count). The lowest BCUT2D eigenvalue weighted by Gasteiger charge is -2.42. The Bertz CT molecular complexity index is 582. The number of carbonyl (C=O) groups is 2. The Kier molecular flexibility index (Phi) is 3.43. The zero-order valence-electron chi connectivity index (χ0n) is 12.3. The molecule has 2 fully saturated rings. The van der Waals surface area contributed by atoms with Gasteiger partial charge in [-0.1, -0.05) is 19.1 Å².